The van der Waals surface area contributed by atoms with E-state index in [2.05, 4.69) is 0 Å². The Bertz CT molecular complexity index is 944. The number of methoxy groups -OCH3 is 1. The molecular weight excluding hydrogens is 310 g/mol. The van der Waals surface area contributed by atoms with Crippen LogP contribution in [0.3, 0.4) is 0 Å². The number of carbonyl (C=O) groups excluding carboxylic acids is 1. The molecule has 24 heavy (non-hydrogen) atoms. The fourth-order valence-electron chi connectivity index (χ4n) is 2.28. The molecule has 0 atom stereocenters. The van der Waals surface area contributed by atoms with E-state index in [-0.39, 0.29) is 12.0 Å². The summed E-state index contributed by atoms with van der Waals surface area (Å²) in [5.74, 6) is 0.974. The van der Waals surface area contributed by atoms with Gasteiger partial charge in [-0.15, -0.1) is 0 Å². The maximum atomic E-state index is 12.4. The summed E-state index contributed by atoms with van der Waals surface area (Å²) in [4.78, 5) is 23.1. The van der Waals surface area contributed by atoms with Gasteiger partial charge in [-0.25, -0.2) is 0 Å². The number of rotatable bonds is 5. The predicted octanol–water partition coefficient (Wildman–Crippen LogP) is 2.33. The van der Waals surface area contributed by atoms with Gasteiger partial charge in [-0.05, 0) is 42.5 Å². The van der Waals surface area contributed by atoms with Crippen LogP contribution in [0.15, 0.2) is 57.7 Å². The minimum atomic E-state index is -0.586. The van der Waals surface area contributed by atoms with E-state index in [4.69, 9.17) is 19.6 Å². The van der Waals surface area contributed by atoms with Gasteiger partial charge in [-0.2, -0.15) is 0 Å². The third-order valence-corrected chi connectivity index (χ3v) is 3.45. The maximum Gasteiger partial charge on any atom is 0.255 e. The topological polar surface area (TPSA) is 91.8 Å². The van der Waals surface area contributed by atoms with E-state index in [0.29, 0.717) is 22.5 Å². The van der Waals surface area contributed by atoms with Gasteiger partial charge in [-0.1, -0.05) is 0 Å². The summed E-state index contributed by atoms with van der Waals surface area (Å²) < 4.78 is 16.1. The monoisotopic (exact) mass is 325 g/mol. The second-order valence-electron chi connectivity index (χ2n) is 5.12. The Morgan fingerprint density at radius 1 is 1.08 bits per heavy atom. The zero-order chi connectivity index (χ0) is 17.1. The van der Waals surface area contributed by atoms with E-state index in [1.54, 1.807) is 31.4 Å². The Morgan fingerprint density at radius 2 is 1.79 bits per heavy atom. The number of primary amides is 1. The van der Waals surface area contributed by atoms with Gasteiger partial charge in [0.2, 0.25) is 0 Å². The second-order valence-corrected chi connectivity index (χ2v) is 5.12. The lowest BCUT2D eigenvalue weighted by Crippen LogP contribution is -2.20. The molecule has 6 heteroatoms. The first-order valence-corrected chi connectivity index (χ1v) is 7.20. The summed E-state index contributed by atoms with van der Waals surface area (Å²) in [6.45, 7) is -0.249. The molecule has 0 fully saturated rings. The van der Waals surface area contributed by atoms with Gasteiger partial charge in [0.15, 0.2) is 12.0 Å². The molecule has 0 bridgehead atoms. The Kier molecular flexibility index (Phi) is 4.20. The van der Waals surface area contributed by atoms with Gasteiger partial charge in [0.05, 0.1) is 12.5 Å². The van der Waals surface area contributed by atoms with Crippen LogP contribution in [0.5, 0.6) is 11.5 Å². The number of hydrogen-bond acceptors (Lipinski definition) is 5. The van der Waals surface area contributed by atoms with Gasteiger partial charge in [0.25, 0.3) is 5.91 Å². The quantitative estimate of drug-likeness (QED) is 0.777. The normalized spacial score (nSPS) is 10.5. The van der Waals surface area contributed by atoms with Crippen LogP contribution in [0.2, 0.25) is 0 Å². The van der Waals surface area contributed by atoms with Gasteiger partial charge in [0, 0.05) is 11.6 Å². The van der Waals surface area contributed by atoms with Crippen LogP contribution in [0.25, 0.3) is 22.3 Å². The molecule has 0 aliphatic heterocycles. The lowest BCUT2D eigenvalue weighted by atomic mass is 10.1. The summed E-state index contributed by atoms with van der Waals surface area (Å²) in [5, 5.41) is 0.370. The highest BCUT2D eigenvalue weighted by Crippen LogP contribution is 2.26. The second kappa shape index (κ2) is 6.45. The van der Waals surface area contributed by atoms with E-state index in [1.807, 2.05) is 12.1 Å². The van der Waals surface area contributed by atoms with Crippen molar-refractivity contribution in [2.75, 3.05) is 13.7 Å². The minimum Gasteiger partial charge on any atom is -0.497 e. The number of carbonyl (C=O) groups is 1. The number of fused-ring (bicyclic) bond motifs is 1. The maximum absolute atomic E-state index is 12.4. The van der Waals surface area contributed by atoms with Gasteiger partial charge >= 0.3 is 0 Å². The van der Waals surface area contributed by atoms with E-state index < -0.39 is 5.91 Å². The SMILES string of the molecule is COc1ccc(-c2cc(=O)c3cc(OCC(N)=O)ccc3o2)cc1. The number of benzene rings is 2. The molecule has 2 N–H and O–H groups in total. The van der Waals surface area contributed by atoms with Crippen LogP contribution < -0.4 is 20.6 Å². The summed E-state index contributed by atoms with van der Waals surface area (Å²) >= 11 is 0. The van der Waals surface area contributed by atoms with E-state index >= 15 is 0 Å². The van der Waals surface area contributed by atoms with Crippen LogP contribution in [0, 0.1) is 0 Å². The highest BCUT2D eigenvalue weighted by Gasteiger charge is 2.09. The van der Waals surface area contributed by atoms with Crippen molar-refractivity contribution >= 4 is 16.9 Å². The van der Waals surface area contributed by atoms with Gasteiger partial charge < -0.3 is 19.6 Å². The molecule has 6 nitrogen and oxygen atoms in total. The fraction of sp³-hybridized carbons (Fsp3) is 0.111. The summed E-state index contributed by atoms with van der Waals surface area (Å²) in [5.41, 5.74) is 6.03. The molecule has 0 radical (unpaired) electrons. The fourth-order valence-corrected chi connectivity index (χ4v) is 2.28. The molecule has 0 saturated carbocycles. The van der Waals surface area contributed by atoms with Crippen molar-refractivity contribution in [3.63, 3.8) is 0 Å². The molecule has 0 aliphatic rings. The van der Waals surface area contributed by atoms with Crippen molar-refractivity contribution < 1.29 is 18.7 Å². The highest BCUT2D eigenvalue weighted by molar-refractivity contribution is 5.80. The number of hydrogen-bond donors (Lipinski definition) is 1. The molecule has 0 aliphatic carbocycles. The first kappa shape index (κ1) is 15.6. The van der Waals surface area contributed by atoms with Crippen molar-refractivity contribution in [3.05, 3.63) is 58.8 Å². The molecule has 3 rings (SSSR count). The lowest BCUT2D eigenvalue weighted by molar-refractivity contribution is -0.119. The van der Waals surface area contributed by atoms with Crippen molar-refractivity contribution in [2.24, 2.45) is 5.73 Å². The Balaban J connectivity index is 1.99. The van der Waals surface area contributed by atoms with Crippen molar-refractivity contribution in [2.45, 2.75) is 0 Å². The average Bonchev–Trinajstić information content (AvgIpc) is 2.60. The third kappa shape index (κ3) is 3.22. The van der Waals surface area contributed by atoms with E-state index in [1.165, 1.54) is 12.1 Å². The smallest absolute Gasteiger partial charge is 0.255 e. The molecule has 0 saturated heterocycles. The molecule has 1 aromatic heterocycles. The Hall–Kier alpha value is -3.28. The summed E-state index contributed by atoms with van der Waals surface area (Å²) in [6, 6.07) is 13.4. The van der Waals surface area contributed by atoms with Crippen molar-refractivity contribution in [3.8, 4) is 22.8 Å². The zero-order valence-electron chi connectivity index (χ0n) is 12.9. The van der Waals surface area contributed by atoms with E-state index in [0.717, 1.165) is 11.3 Å². The van der Waals surface area contributed by atoms with E-state index in [9.17, 15) is 9.59 Å². The Morgan fingerprint density at radius 3 is 2.46 bits per heavy atom. The molecule has 2 aromatic carbocycles. The minimum absolute atomic E-state index is 0.202. The molecular formula is C18H15NO5. The van der Waals surface area contributed by atoms with Crippen LogP contribution in [-0.2, 0) is 4.79 Å². The van der Waals surface area contributed by atoms with Gasteiger partial charge in [0.1, 0.15) is 22.8 Å². The number of nitrogens with two attached hydrogens (primary N) is 1. The highest BCUT2D eigenvalue weighted by atomic mass is 16.5. The zero-order valence-corrected chi connectivity index (χ0v) is 12.9. The Labute approximate surface area is 137 Å². The third-order valence-electron chi connectivity index (χ3n) is 3.45. The van der Waals surface area contributed by atoms with Crippen LogP contribution in [0.1, 0.15) is 0 Å². The average molecular weight is 325 g/mol. The van der Waals surface area contributed by atoms with Crippen LogP contribution >= 0.6 is 0 Å². The van der Waals surface area contributed by atoms with Gasteiger partial charge in [-0.3, -0.25) is 9.59 Å². The number of amides is 1. The van der Waals surface area contributed by atoms with Crippen molar-refractivity contribution in [1.29, 1.82) is 0 Å². The standard InChI is InChI=1S/C18H15NO5/c1-22-12-4-2-11(3-5-12)17-9-15(20)14-8-13(23-10-18(19)21)6-7-16(14)24-17/h2-9H,10H2,1H3,(H2,19,21). The van der Waals surface area contributed by atoms with Crippen LogP contribution in [0.4, 0.5) is 0 Å². The molecule has 1 amide bonds. The molecule has 3 aromatic rings. The van der Waals surface area contributed by atoms with Crippen molar-refractivity contribution in [1.82, 2.24) is 0 Å². The largest absolute Gasteiger partial charge is 0.497 e. The molecule has 0 spiro atoms. The number of ether oxygens (including phenoxy) is 2. The molecule has 0 unspecified atom stereocenters. The molecule has 1 heterocycles. The molecule has 122 valence electrons. The van der Waals surface area contributed by atoms with Crippen LogP contribution in [-0.4, -0.2) is 19.6 Å². The summed E-state index contributed by atoms with van der Waals surface area (Å²) in [6.07, 6.45) is 0. The first-order chi connectivity index (χ1) is 11.6. The predicted molar refractivity (Wildman–Crippen MR) is 89.2 cm³/mol. The first-order valence-electron chi connectivity index (χ1n) is 7.20. The lowest BCUT2D eigenvalue weighted by Gasteiger charge is -2.07. The summed E-state index contributed by atoms with van der Waals surface area (Å²) in [7, 11) is 1.59.